The molecule has 0 unspecified atom stereocenters. The SMILES string of the molecule is CN=C(NCCCc1nnc2n1CCCCC2)N1CCN(Cc2cccc(C)c2)CC1. The fraction of sp³-hybridized carbons (Fsp3) is 0.625. The van der Waals surface area contributed by atoms with E-state index in [4.69, 9.17) is 0 Å². The van der Waals surface area contributed by atoms with Gasteiger partial charge in [0.2, 0.25) is 0 Å². The summed E-state index contributed by atoms with van der Waals surface area (Å²) in [5.74, 6) is 3.36. The molecule has 0 amide bonds. The molecule has 1 fully saturated rings. The molecule has 1 aromatic heterocycles. The lowest BCUT2D eigenvalue weighted by molar-refractivity contribution is 0.172. The van der Waals surface area contributed by atoms with E-state index in [9.17, 15) is 0 Å². The van der Waals surface area contributed by atoms with Crippen molar-refractivity contribution in [1.29, 1.82) is 0 Å². The second kappa shape index (κ2) is 10.8. The van der Waals surface area contributed by atoms with Gasteiger partial charge in [0.15, 0.2) is 5.96 Å². The van der Waals surface area contributed by atoms with Crippen LogP contribution in [0.2, 0.25) is 0 Å². The van der Waals surface area contributed by atoms with Gasteiger partial charge in [-0.15, -0.1) is 10.2 Å². The molecule has 7 heteroatoms. The molecule has 2 aliphatic heterocycles. The topological polar surface area (TPSA) is 61.6 Å². The van der Waals surface area contributed by atoms with Gasteiger partial charge < -0.3 is 14.8 Å². The van der Waals surface area contributed by atoms with Crippen molar-refractivity contribution in [3.05, 3.63) is 47.0 Å². The first-order valence-corrected chi connectivity index (χ1v) is 11.9. The molecular weight excluding hydrogens is 386 g/mol. The number of guanidine groups is 1. The van der Waals surface area contributed by atoms with Crippen LogP contribution in [0.3, 0.4) is 0 Å². The van der Waals surface area contributed by atoms with Gasteiger partial charge in [0.1, 0.15) is 11.6 Å². The van der Waals surface area contributed by atoms with Gasteiger partial charge in [-0.05, 0) is 31.7 Å². The molecule has 0 atom stereocenters. The Kier molecular flexibility index (Phi) is 7.57. The first-order valence-electron chi connectivity index (χ1n) is 11.9. The highest BCUT2D eigenvalue weighted by Gasteiger charge is 2.20. The van der Waals surface area contributed by atoms with Crippen LogP contribution in [-0.4, -0.2) is 70.3 Å². The Bertz CT molecular complexity index is 865. The third-order valence-electron chi connectivity index (χ3n) is 6.42. The molecule has 7 nitrogen and oxygen atoms in total. The Morgan fingerprint density at radius 2 is 1.94 bits per heavy atom. The Balaban J connectivity index is 1.19. The summed E-state index contributed by atoms with van der Waals surface area (Å²) in [6, 6.07) is 8.84. The highest BCUT2D eigenvalue weighted by molar-refractivity contribution is 5.79. The highest BCUT2D eigenvalue weighted by Crippen LogP contribution is 2.15. The molecule has 1 saturated heterocycles. The lowest BCUT2D eigenvalue weighted by atomic mass is 10.1. The van der Waals surface area contributed by atoms with Crippen molar-refractivity contribution < 1.29 is 0 Å². The van der Waals surface area contributed by atoms with Gasteiger partial charge in [0, 0.05) is 65.7 Å². The molecule has 1 N–H and O–H groups in total. The fourth-order valence-corrected chi connectivity index (χ4v) is 4.70. The van der Waals surface area contributed by atoms with E-state index in [-0.39, 0.29) is 0 Å². The van der Waals surface area contributed by atoms with Gasteiger partial charge >= 0.3 is 0 Å². The fourth-order valence-electron chi connectivity index (χ4n) is 4.70. The van der Waals surface area contributed by atoms with Crippen molar-refractivity contribution in [2.24, 2.45) is 4.99 Å². The third kappa shape index (κ3) is 5.85. The van der Waals surface area contributed by atoms with E-state index in [0.29, 0.717) is 0 Å². The minimum atomic E-state index is 0.915. The maximum atomic E-state index is 4.53. The van der Waals surface area contributed by atoms with Crippen molar-refractivity contribution in [1.82, 2.24) is 29.9 Å². The van der Waals surface area contributed by atoms with Crippen molar-refractivity contribution in [3.8, 4) is 0 Å². The molecule has 4 rings (SSSR count). The predicted molar refractivity (Wildman–Crippen MR) is 125 cm³/mol. The number of fused-ring (bicyclic) bond motifs is 1. The average molecular weight is 424 g/mol. The number of nitrogens with one attached hydrogen (secondary N) is 1. The van der Waals surface area contributed by atoms with E-state index in [1.165, 1.54) is 36.2 Å². The molecule has 31 heavy (non-hydrogen) atoms. The van der Waals surface area contributed by atoms with Crippen LogP contribution in [0.4, 0.5) is 0 Å². The minimum Gasteiger partial charge on any atom is -0.356 e. The third-order valence-corrected chi connectivity index (χ3v) is 6.42. The average Bonchev–Trinajstić information content (AvgIpc) is 3.00. The Morgan fingerprint density at radius 3 is 2.74 bits per heavy atom. The summed E-state index contributed by atoms with van der Waals surface area (Å²) in [7, 11) is 1.89. The highest BCUT2D eigenvalue weighted by atomic mass is 15.3. The molecule has 168 valence electrons. The van der Waals surface area contributed by atoms with Crippen LogP contribution < -0.4 is 5.32 Å². The first kappa shape index (κ1) is 21.8. The van der Waals surface area contributed by atoms with Crippen LogP contribution in [0.25, 0.3) is 0 Å². The summed E-state index contributed by atoms with van der Waals surface area (Å²) < 4.78 is 2.36. The largest absolute Gasteiger partial charge is 0.356 e. The van der Waals surface area contributed by atoms with Crippen molar-refractivity contribution in [2.75, 3.05) is 39.8 Å². The van der Waals surface area contributed by atoms with E-state index in [1.54, 1.807) is 0 Å². The molecule has 2 aliphatic rings. The number of benzene rings is 1. The molecule has 0 bridgehead atoms. The summed E-state index contributed by atoms with van der Waals surface area (Å²) in [5, 5.41) is 12.4. The van der Waals surface area contributed by atoms with E-state index in [0.717, 1.165) is 76.9 Å². The van der Waals surface area contributed by atoms with Gasteiger partial charge in [-0.2, -0.15) is 0 Å². The Morgan fingerprint density at radius 1 is 1.06 bits per heavy atom. The second-order valence-corrected chi connectivity index (χ2v) is 8.82. The van der Waals surface area contributed by atoms with Gasteiger partial charge in [-0.1, -0.05) is 36.2 Å². The van der Waals surface area contributed by atoms with Gasteiger partial charge in [0.25, 0.3) is 0 Å². The second-order valence-electron chi connectivity index (χ2n) is 8.82. The van der Waals surface area contributed by atoms with Crippen LogP contribution in [0.15, 0.2) is 29.3 Å². The predicted octanol–water partition coefficient (Wildman–Crippen LogP) is 2.64. The van der Waals surface area contributed by atoms with Crippen LogP contribution in [0, 0.1) is 6.92 Å². The van der Waals surface area contributed by atoms with Crippen molar-refractivity contribution in [2.45, 2.75) is 58.5 Å². The summed E-state index contributed by atoms with van der Waals surface area (Å²) in [5.41, 5.74) is 2.74. The number of aryl methyl sites for hydroxylation is 3. The Labute approximate surface area is 186 Å². The smallest absolute Gasteiger partial charge is 0.193 e. The number of nitrogens with zero attached hydrogens (tertiary/aromatic N) is 6. The van der Waals surface area contributed by atoms with E-state index < -0.39 is 0 Å². The van der Waals surface area contributed by atoms with E-state index in [1.807, 2.05) is 7.05 Å². The maximum Gasteiger partial charge on any atom is 0.193 e. The van der Waals surface area contributed by atoms with Gasteiger partial charge in [-0.25, -0.2) is 0 Å². The number of hydrogen-bond donors (Lipinski definition) is 1. The summed E-state index contributed by atoms with van der Waals surface area (Å²) in [6.07, 6.45) is 6.89. The maximum absolute atomic E-state index is 4.53. The van der Waals surface area contributed by atoms with Gasteiger partial charge in [-0.3, -0.25) is 9.89 Å². The summed E-state index contributed by atoms with van der Waals surface area (Å²) in [6.45, 7) is 9.37. The normalized spacial score (nSPS) is 18.0. The van der Waals surface area contributed by atoms with Crippen LogP contribution in [-0.2, 0) is 25.9 Å². The van der Waals surface area contributed by atoms with Gasteiger partial charge in [0.05, 0.1) is 0 Å². The molecule has 0 saturated carbocycles. The standard InChI is InChI=1S/C24H37N7/c1-20-8-6-9-21(18-20)19-29-14-16-30(17-15-29)24(25-2)26-12-7-11-23-28-27-22-10-4-3-5-13-31(22)23/h6,8-9,18H,3-5,7,10-17,19H2,1-2H3,(H,25,26). The lowest BCUT2D eigenvalue weighted by Crippen LogP contribution is -2.52. The first-order chi connectivity index (χ1) is 15.2. The monoisotopic (exact) mass is 423 g/mol. The molecule has 0 spiro atoms. The number of aromatic nitrogens is 3. The number of piperazine rings is 1. The lowest BCUT2D eigenvalue weighted by Gasteiger charge is -2.36. The zero-order valence-electron chi connectivity index (χ0n) is 19.2. The molecule has 0 radical (unpaired) electrons. The number of hydrogen-bond acceptors (Lipinski definition) is 4. The molecule has 1 aromatic carbocycles. The number of aliphatic imine (C=N–C) groups is 1. The van der Waals surface area contributed by atoms with Crippen LogP contribution in [0.1, 0.15) is 48.5 Å². The zero-order chi connectivity index (χ0) is 21.5. The molecule has 2 aromatic rings. The quantitative estimate of drug-likeness (QED) is 0.440. The summed E-state index contributed by atoms with van der Waals surface area (Å²) >= 11 is 0. The number of rotatable bonds is 6. The van der Waals surface area contributed by atoms with Crippen LogP contribution in [0.5, 0.6) is 0 Å². The van der Waals surface area contributed by atoms with Crippen molar-refractivity contribution in [3.63, 3.8) is 0 Å². The zero-order valence-corrected chi connectivity index (χ0v) is 19.2. The minimum absolute atomic E-state index is 0.915. The van der Waals surface area contributed by atoms with Crippen LogP contribution >= 0.6 is 0 Å². The Hall–Kier alpha value is -2.41. The van der Waals surface area contributed by atoms with E-state index >= 15 is 0 Å². The van der Waals surface area contributed by atoms with Crippen molar-refractivity contribution >= 4 is 5.96 Å². The molecular formula is C24H37N7. The molecule has 0 aliphatic carbocycles. The van der Waals surface area contributed by atoms with E-state index in [2.05, 4.69) is 66.1 Å². The molecule has 3 heterocycles. The summed E-state index contributed by atoms with van der Waals surface area (Å²) in [4.78, 5) is 9.45.